The van der Waals surface area contributed by atoms with Crippen molar-refractivity contribution in [3.8, 4) is 11.4 Å². The highest BCUT2D eigenvalue weighted by Crippen LogP contribution is 2.41. The van der Waals surface area contributed by atoms with Crippen LogP contribution in [-0.4, -0.2) is 27.8 Å². The van der Waals surface area contributed by atoms with Gasteiger partial charge in [0.2, 0.25) is 5.91 Å². The SMILES string of the molecule is COc1cccc(CSc2nnc(C3CC3)n2-c2cccc(NC(C)=O)c2)c1. The number of methoxy groups -OCH3 is 1. The fourth-order valence-corrected chi connectivity index (χ4v) is 3.96. The summed E-state index contributed by atoms with van der Waals surface area (Å²) in [6, 6.07) is 15.9. The molecule has 2 aromatic carbocycles. The summed E-state index contributed by atoms with van der Waals surface area (Å²) in [7, 11) is 1.67. The largest absolute Gasteiger partial charge is 0.497 e. The van der Waals surface area contributed by atoms with Gasteiger partial charge in [-0.3, -0.25) is 9.36 Å². The maximum atomic E-state index is 11.4. The summed E-state index contributed by atoms with van der Waals surface area (Å²) < 4.78 is 7.43. The molecule has 1 saturated carbocycles. The van der Waals surface area contributed by atoms with E-state index < -0.39 is 0 Å². The minimum atomic E-state index is -0.0871. The van der Waals surface area contributed by atoms with Crippen molar-refractivity contribution in [1.29, 1.82) is 0 Å². The van der Waals surface area contributed by atoms with E-state index in [9.17, 15) is 4.79 Å². The average Bonchev–Trinajstić information content (AvgIpc) is 3.45. The van der Waals surface area contributed by atoms with E-state index in [0.29, 0.717) is 5.92 Å². The fraction of sp³-hybridized carbons (Fsp3) is 0.286. The number of carbonyl (C=O) groups excluding carboxylic acids is 1. The lowest BCUT2D eigenvalue weighted by Crippen LogP contribution is -2.07. The van der Waals surface area contributed by atoms with Crippen molar-refractivity contribution in [1.82, 2.24) is 14.8 Å². The van der Waals surface area contributed by atoms with E-state index in [-0.39, 0.29) is 5.91 Å². The molecule has 144 valence electrons. The first-order valence-electron chi connectivity index (χ1n) is 9.23. The monoisotopic (exact) mass is 394 g/mol. The van der Waals surface area contributed by atoms with Gasteiger partial charge in [-0.1, -0.05) is 30.0 Å². The molecule has 6 nitrogen and oxygen atoms in total. The molecule has 1 aromatic heterocycles. The summed E-state index contributed by atoms with van der Waals surface area (Å²) in [5.41, 5.74) is 2.90. The molecule has 4 rings (SSSR count). The van der Waals surface area contributed by atoms with Gasteiger partial charge in [0, 0.05) is 24.3 Å². The molecule has 1 fully saturated rings. The van der Waals surface area contributed by atoms with Gasteiger partial charge in [-0.25, -0.2) is 0 Å². The summed E-state index contributed by atoms with van der Waals surface area (Å²) in [4.78, 5) is 11.4. The number of nitrogens with one attached hydrogen (secondary N) is 1. The number of anilines is 1. The van der Waals surface area contributed by atoms with Gasteiger partial charge in [0.15, 0.2) is 5.16 Å². The Labute approximate surface area is 168 Å². The summed E-state index contributed by atoms with van der Waals surface area (Å²) in [6.45, 7) is 1.51. The van der Waals surface area contributed by atoms with Crippen molar-refractivity contribution < 1.29 is 9.53 Å². The van der Waals surface area contributed by atoms with E-state index in [1.165, 1.54) is 12.5 Å². The normalized spacial score (nSPS) is 13.4. The van der Waals surface area contributed by atoms with Crippen LogP contribution in [0, 0.1) is 0 Å². The lowest BCUT2D eigenvalue weighted by molar-refractivity contribution is -0.114. The zero-order valence-electron chi connectivity index (χ0n) is 15.9. The van der Waals surface area contributed by atoms with Crippen LogP contribution in [0.1, 0.15) is 37.1 Å². The quantitative estimate of drug-likeness (QED) is 0.602. The first-order chi connectivity index (χ1) is 13.6. The van der Waals surface area contributed by atoms with Crippen LogP contribution < -0.4 is 10.1 Å². The second kappa shape index (κ2) is 8.06. The van der Waals surface area contributed by atoms with Crippen LogP contribution in [0.4, 0.5) is 5.69 Å². The summed E-state index contributed by atoms with van der Waals surface area (Å²) >= 11 is 1.65. The fourth-order valence-electron chi connectivity index (χ4n) is 3.06. The standard InChI is InChI=1S/C21H22N4O2S/c1-14(26)22-17-6-4-7-18(12-17)25-20(16-9-10-16)23-24-21(25)28-13-15-5-3-8-19(11-15)27-2/h3-8,11-12,16H,9-10,13H2,1-2H3,(H,22,26). The van der Waals surface area contributed by atoms with Crippen LogP contribution in [0.2, 0.25) is 0 Å². The van der Waals surface area contributed by atoms with Gasteiger partial charge in [-0.2, -0.15) is 0 Å². The van der Waals surface area contributed by atoms with Crippen molar-refractivity contribution in [2.45, 2.75) is 36.6 Å². The first-order valence-corrected chi connectivity index (χ1v) is 10.2. The van der Waals surface area contributed by atoms with Crippen molar-refractivity contribution in [2.24, 2.45) is 0 Å². The van der Waals surface area contributed by atoms with Crippen LogP contribution >= 0.6 is 11.8 Å². The summed E-state index contributed by atoms with van der Waals surface area (Å²) in [5, 5.41) is 12.6. The molecule has 1 amide bonds. The molecule has 28 heavy (non-hydrogen) atoms. The lowest BCUT2D eigenvalue weighted by Gasteiger charge is -2.12. The molecule has 0 saturated heterocycles. The molecule has 1 heterocycles. The van der Waals surface area contributed by atoms with Crippen LogP contribution in [0.25, 0.3) is 5.69 Å². The number of hydrogen-bond donors (Lipinski definition) is 1. The number of aromatic nitrogens is 3. The van der Waals surface area contributed by atoms with Gasteiger partial charge < -0.3 is 10.1 Å². The Morgan fingerprint density at radius 3 is 2.79 bits per heavy atom. The number of thioether (sulfide) groups is 1. The highest BCUT2D eigenvalue weighted by molar-refractivity contribution is 7.98. The maximum Gasteiger partial charge on any atom is 0.221 e. The number of amides is 1. The second-order valence-electron chi connectivity index (χ2n) is 6.82. The Balaban J connectivity index is 1.63. The minimum Gasteiger partial charge on any atom is -0.497 e. The Morgan fingerprint density at radius 1 is 1.21 bits per heavy atom. The Bertz CT molecular complexity index is 998. The summed E-state index contributed by atoms with van der Waals surface area (Å²) in [5.74, 6) is 2.99. The van der Waals surface area contributed by atoms with Crippen LogP contribution in [0.3, 0.4) is 0 Å². The molecule has 0 spiro atoms. The average molecular weight is 395 g/mol. The first kappa shape index (κ1) is 18.6. The van der Waals surface area contributed by atoms with E-state index in [0.717, 1.165) is 46.7 Å². The van der Waals surface area contributed by atoms with Crippen molar-refractivity contribution in [3.05, 3.63) is 59.9 Å². The number of hydrogen-bond acceptors (Lipinski definition) is 5. The molecule has 1 aliphatic rings. The predicted molar refractivity (Wildman–Crippen MR) is 110 cm³/mol. The highest BCUT2D eigenvalue weighted by atomic mass is 32.2. The molecule has 1 N–H and O–H groups in total. The lowest BCUT2D eigenvalue weighted by atomic mass is 10.2. The second-order valence-corrected chi connectivity index (χ2v) is 7.76. The van der Waals surface area contributed by atoms with Crippen molar-refractivity contribution in [3.63, 3.8) is 0 Å². The number of benzene rings is 2. The van der Waals surface area contributed by atoms with E-state index in [1.807, 2.05) is 42.5 Å². The molecule has 7 heteroatoms. The zero-order valence-corrected chi connectivity index (χ0v) is 16.7. The van der Waals surface area contributed by atoms with E-state index >= 15 is 0 Å². The smallest absolute Gasteiger partial charge is 0.221 e. The molecule has 0 atom stereocenters. The van der Waals surface area contributed by atoms with Gasteiger partial charge in [0.05, 0.1) is 12.8 Å². The Hall–Kier alpha value is -2.80. The number of nitrogens with zero attached hydrogens (tertiary/aromatic N) is 3. The Kier molecular flexibility index (Phi) is 5.34. The van der Waals surface area contributed by atoms with Gasteiger partial charge in [-0.05, 0) is 48.7 Å². The minimum absolute atomic E-state index is 0.0871. The van der Waals surface area contributed by atoms with Crippen LogP contribution in [0.15, 0.2) is 53.7 Å². The predicted octanol–water partition coefficient (Wildman–Crippen LogP) is 4.40. The number of ether oxygens (including phenoxy) is 1. The highest BCUT2D eigenvalue weighted by Gasteiger charge is 2.31. The molecular formula is C21H22N4O2S. The van der Waals surface area contributed by atoms with Gasteiger partial charge in [-0.15, -0.1) is 10.2 Å². The molecule has 0 aliphatic heterocycles. The molecule has 1 aliphatic carbocycles. The van der Waals surface area contributed by atoms with Gasteiger partial charge in [0.25, 0.3) is 0 Å². The molecule has 0 unspecified atom stereocenters. The zero-order chi connectivity index (χ0) is 19.5. The third kappa shape index (κ3) is 4.20. The third-order valence-corrected chi connectivity index (χ3v) is 5.53. The van der Waals surface area contributed by atoms with Gasteiger partial charge >= 0.3 is 0 Å². The topological polar surface area (TPSA) is 69.0 Å². The molecular weight excluding hydrogens is 372 g/mol. The van der Waals surface area contributed by atoms with Crippen LogP contribution in [0.5, 0.6) is 5.75 Å². The third-order valence-electron chi connectivity index (χ3n) is 4.53. The number of rotatable bonds is 7. The molecule has 0 radical (unpaired) electrons. The van der Waals surface area contributed by atoms with Crippen molar-refractivity contribution in [2.75, 3.05) is 12.4 Å². The molecule has 3 aromatic rings. The number of carbonyl (C=O) groups is 1. The maximum absolute atomic E-state index is 11.4. The van der Waals surface area contributed by atoms with Crippen molar-refractivity contribution >= 4 is 23.4 Å². The van der Waals surface area contributed by atoms with Crippen LogP contribution in [-0.2, 0) is 10.5 Å². The Morgan fingerprint density at radius 2 is 2.04 bits per heavy atom. The van der Waals surface area contributed by atoms with E-state index in [2.05, 4.69) is 26.1 Å². The molecule has 0 bridgehead atoms. The van der Waals surface area contributed by atoms with Gasteiger partial charge in [0.1, 0.15) is 11.6 Å². The summed E-state index contributed by atoms with van der Waals surface area (Å²) in [6.07, 6.45) is 2.29. The van der Waals surface area contributed by atoms with E-state index in [4.69, 9.17) is 4.74 Å². The van der Waals surface area contributed by atoms with E-state index in [1.54, 1.807) is 18.9 Å².